The minimum Gasteiger partial charge on any atom is -0.454 e. The Bertz CT molecular complexity index is 382. The smallest absolute Gasteiger partial charge is 0.422 e. The van der Waals surface area contributed by atoms with Crippen LogP contribution in [0.25, 0.3) is 0 Å². The Morgan fingerprint density at radius 2 is 2.11 bits per heavy atom. The topological polar surface area (TPSA) is 47.0 Å². The zero-order valence-electron chi connectivity index (χ0n) is 10.3. The maximum Gasteiger partial charge on any atom is 0.422 e. The number of hydrogen-bond acceptors (Lipinski definition) is 4. The summed E-state index contributed by atoms with van der Waals surface area (Å²) in [5.74, 6) is 0. The van der Waals surface area contributed by atoms with E-state index < -0.39 is 12.8 Å². The van der Waals surface area contributed by atoms with E-state index in [9.17, 15) is 13.2 Å². The molecule has 0 aliphatic heterocycles. The van der Waals surface area contributed by atoms with Crippen LogP contribution < -0.4 is 10.1 Å². The van der Waals surface area contributed by atoms with Gasteiger partial charge >= 0.3 is 12.2 Å². The Hall–Kier alpha value is -1.37. The van der Waals surface area contributed by atoms with Gasteiger partial charge in [0.05, 0.1) is 0 Å². The van der Waals surface area contributed by atoms with Crippen LogP contribution in [0.1, 0.15) is 24.6 Å². The summed E-state index contributed by atoms with van der Waals surface area (Å²) in [5.41, 5.74) is 1.47. The SMILES string of the molecule is CCCNCc1cnc(OCC(F)(F)F)nc1C. The number of rotatable bonds is 6. The van der Waals surface area contributed by atoms with Crippen LogP contribution in [0.4, 0.5) is 13.2 Å². The molecule has 0 fully saturated rings. The Kier molecular flexibility index (Phi) is 5.33. The van der Waals surface area contributed by atoms with Crippen molar-refractivity contribution in [3.05, 3.63) is 17.5 Å². The Balaban J connectivity index is 2.56. The van der Waals surface area contributed by atoms with E-state index in [1.165, 1.54) is 6.20 Å². The van der Waals surface area contributed by atoms with Gasteiger partial charge in [-0.3, -0.25) is 0 Å². The fourth-order valence-corrected chi connectivity index (χ4v) is 1.26. The minimum absolute atomic E-state index is 0.246. The fourth-order valence-electron chi connectivity index (χ4n) is 1.26. The van der Waals surface area contributed by atoms with E-state index in [-0.39, 0.29) is 6.01 Å². The molecule has 1 heterocycles. The molecule has 0 atom stereocenters. The zero-order valence-corrected chi connectivity index (χ0v) is 10.3. The maximum atomic E-state index is 11.9. The highest BCUT2D eigenvalue weighted by atomic mass is 19.4. The molecule has 7 heteroatoms. The second kappa shape index (κ2) is 6.53. The highest BCUT2D eigenvalue weighted by Crippen LogP contribution is 2.16. The molecule has 18 heavy (non-hydrogen) atoms. The molecule has 1 aromatic rings. The first-order valence-electron chi connectivity index (χ1n) is 5.65. The van der Waals surface area contributed by atoms with Gasteiger partial charge in [-0.15, -0.1) is 0 Å². The number of aryl methyl sites for hydroxylation is 1. The van der Waals surface area contributed by atoms with E-state index in [4.69, 9.17) is 0 Å². The summed E-state index contributed by atoms with van der Waals surface area (Å²) in [4.78, 5) is 7.63. The van der Waals surface area contributed by atoms with Gasteiger partial charge in [-0.25, -0.2) is 9.97 Å². The van der Waals surface area contributed by atoms with Gasteiger partial charge in [0.2, 0.25) is 0 Å². The van der Waals surface area contributed by atoms with Crippen LogP contribution >= 0.6 is 0 Å². The van der Waals surface area contributed by atoms with Crippen LogP contribution in [0.5, 0.6) is 6.01 Å². The molecule has 0 radical (unpaired) electrons. The molecule has 0 bridgehead atoms. The van der Waals surface area contributed by atoms with Gasteiger partial charge in [0.25, 0.3) is 0 Å². The number of ether oxygens (including phenoxy) is 1. The van der Waals surface area contributed by atoms with Gasteiger partial charge in [0, 0.05) is 24.0 Å². The average molecular weight is 263 g/mol. The van der Waals surface area contributed by atoms with Gasteiger partial charge in [-0.1, -0.05) is 6.92 Å². The average Bonchev–Trinajstić information content (AvgIpc) is 2.28. The number of nitrogens with one attached hydrogen (secondary N) is 1. The third kappa shape index (κ3) is 5.31. The fraction of sp³-hybridized carbons (Fsp3) is 0.636. The van der Waals surface area contributed by atoms with Crippen molar-refractivity contribution in [3.8, 4) is 6.01 Å². The van der Waals surface area contributed by atoms with Gasteiger partial charge in [0.15, 0.2) is 6.61 Å². The number of hydrogen-bond donors (Lipinski definition) is 1. The molecule has 0 aliphatic rings. The molecular weight excluding hydrogens is 247 g/mol. The highest BCUT2D eigenvalue weighted by molar-refractivity contribution is 5.17. The number of aromatic nitrogens is 2. The monoisotopic (exact) mass is 263 g/mol. The standard InChI is InChI=1S/C11H16F3N3O/c1-3-4-15-5-9-6-16-10(17-8(9)2)18-7-11(12,13)14/h6,15H,3-5,7H2,1-2H3. The summed E-state index contributed by atoms with van der Waals surface area (Å²) in [7, 11) is 0. The van der Waals surface area contributed by atoms with E-state index in [0.29, 0.717) is 12.2 Å². The summed E-state index contributed by atoms with van der Waals surface area (Å²) < 4.78 is 40.3. The molecule has 0 unspecified atom stereocenters. The van der Waals surface area contributed by atoms with Crippen LogP contribution in [0.15, 0.2) is 6.20 Å². The van der Waals surface area contributed by atoms with E-state index in [1.807, 2.05) is 6.92 Å². The van der Waals surface area contributed by atoms with Crippen LogP contribution in [-0.4, -0.2) is 29.3 Å². The van der Waals surface area contributed by atoms with E-state index in [1.54, 1.807) is 6.92 Å². The molecular formula is C11H16F3N3O. The largest absolute Gasteiger partial charge is 0.454 e. The molecule has 0 aromatic carbocycles. The lowest BCUT2D eigenvalue weighted by atomic mass is 10.2. The van der Waals surface area contributed by atoms with E-state index in [0.717, 1.165) is 18.5 Å². The van der Waals surface area contributed by atoms with Gasteiger partial charge < -0.3 is 10.1 Å². The molecule has 0 spiro atoms. The number of nitrogens with zero attached hydrogens (tertiary/aromatic N) is 2. The maximum absolute atomic E-state index is 11.9. The van der Waals surface area contributed by atoms with Crippen molar-refractivity contribution in [2.75, 3.05) is 13.2 Å². The summed E-state index contributed by atoms with van der Waals surface area (Å²) in [6.07, 6.45) is -1.89. The summed E-state index contributed by atoms with van der Waals surface area (Å²) in [5, 5.41) is 3.17. The van der Waals surface area contributed by atoms with Gasteiger partial charge in [-0.05, 0) is 19.9 Å². The van der Waals surface area contributed by atoms with Crippen molar-refractivity contribution >= 4 is 0 Å². The molecule has 4 nitrogen and oxygen atoms in total. The van der Waals surface area contributed by atoms with Crippen molar-refractivity contribution in [1.29, 1.82) is 0 Å². The minimum atomic E-state index is -4.38. The first-order chi connectivity index (χ1) is 8.42. The molecule has 0 aliphatic carbocycles. The second-order valence-electron chi connectivity index (χ2n) is 3.84. The lowest BCUT2D eigenvalue weighted by Gasteiger charge is -2.10. The third-order valence-corrected chi connectivity index (χ3v) is 2.17. The number of halogens is 3. The zero-order chi connectivity index (χ0) is 13.6. The lowest BCUT2D eigenvalue weighted by molar-refractivity contribution is -0.154. The molecule has 0 amide bonds. The quantitative estimate of drug-likeness (QED) is 0.799. The number of alkyl halides is 3. The second-order valence-corrected chi connectivity index (χ2v) is 3.84. The van der Waals surface area contributed by atoms with E-state index >= 15 is 0 Å². The predicted molar refractivity (Wildman–Crippen MR) is 60.3 cm³/mol. The predicted octanol–water partition coefficient (Wildman–Crippen LogP) is 2.23. The summed E-state index contributed by atoms with van der Waals surface area (Å²) >= 11 is 0. The molecule has 1 rings (SSSR count). The molecule has 1 N–H and O–H groups in total. The Labute approximate surface area is 104 Å². The van der Waals surface area contributed by atoms with Crippen LogP contribution in [0.2, 0.25) is 0 Å². The summed E-state index contributed by atoms with van der Waals surface area (Å²) in [6, 6.07) is -0.246. The lowest BCUT2D eigenvalue weighted by Crippen LogP contribution is -2.20. The van der Waals surface area contributed by atoms with E-state index in [2.05, 4.69) is 20.0 Å². The van der Waals surface area contributed by atoms with Crippen LogP contribution in [-0.2, 0) is 6.54 Å². The molecule has 0 saturated carbocycles. The van der Waals surface area contributed by atoms with Gasteiger partial charge in [0.1, 0.15) is 0 Å². The van der Waals surface area contributed by atoms with Crippen LogP contribution in [0, 0.1) is 6.92 Å². The Morgan fingerprint density at radius 3 is 2.67 bits per heavy atom. The van der Waals surface area contributed by atoms with Crippen molar-refractivity contribution in [1.82, 2.24) is 15.3 Å². The van der Waals surface area contributed by atoms with Crippen molar-refractivity contribution in [3.63, 3.8) is 0 Å². The first-order valence-corrected chi connectivity index (χ1v) is 5.65. The molecule has 102 valence electrons. The summed E-state index contributed by atoms with van der Waals surface area (Å²) in [6.45, 7) is 3.85. The highest BCUT2D eigenvalue weighted by Gasteiger charge is 2.29. The molecule has 0 saturated heterocycles. The normalized spacial score (nSPS) is 11.6. The third-order valence-electron chi connectivity index (χ3n) is 2.17. The molecule has 1 aromatic heterocycles. The Morgan fingerprint density at radius 1 is 1.39 bits per heavy atom. The van der Waals surface area contributed by atoms with Crippen LogP contribution in [0.3, 0.4) is 0 Å². The van der Waals surface area contributed by atoms with Crippen molar-refractivity contribution < 1.29 is 17.9 Å². The first kappa shape index (κ1) is 14.7. The van der Waals surface area contributed by atoms with Crippen molar-refractivity contribution in [2.45, 2.75) is 33.0 Å². The van der Waals surface area contributed by atoms with Gasteiger partial charge in [-0.2, -0.15) is 13.2 Å². The van der Waals surface area contributed by atoms with Crippen molar-refractivity contribution in [2.24, 2.45) is 0 Å².